The molecule has 18 heavy (non-hydrogen) atoms. The molecular weight excluding hydrogens is 224 g/mol. The van der Waals surface area contributed by atoms with Crippen molar-refractivity contribution < 1.29 is 4.79 Å². The molecule has 0 radical (unpaired) electrons. The number of hydrogen-bond donors (Lipinski definition) is 0. The lowest BCUT2D eigenvalue weighted by molar-refractivity contribution is -0.128. The first-order chi connectivity index (χ1) is 8.74. The molecule has 0 aromatic carbocycles. The van der Waals surface area contributed by atoms with Gasteiger partial charge in [-0.2, -0.15) is 0 Å². The number of hydrogen-bond acceptors (Lipinski definition) is 2. The maximum atomic E-state index is 12.4. The molecule has 0 spiro atoms. The summed E-state index contributed by atoms with van der Waals surface area (Å²) in [6.45, 7) is 4.82. The quantitative estimate of drug-likeness (QED) is 0.765. The lowest BCUT2D eigenvalue weighted by Crippen LogP contribution is -2.31. The van der Waals surface area contributed by atoms with Gasteiger partial charge in [0.05, 0.1) is 6.04 Å². The average molecular weight is 244 g/mol. The Labute approximate surface area is 109 Å². The summed E-state index contributed by atoms with van der Waals surface area (Å²) in [6.07, 6.45) is 8.66. The number of carbonyl (C=O) groups is 1. The fraction of sp³-hybridized carbons (Fsp3) is 0.467. The molecule has 2 heterocycles. The molecule has 3 nitrogen and oxygen atoms in total. The van der Waals surface area contributed by atoms with Crippen LogP contribution >= 0.6 is 0 Å². The van der Waals surface area contributed by atoms with Gasteiger partial charge < -0.3 is 4.90 Å². The van der Waals surface area contributed by atoms with Crippen LogP contribution in [0.3, 0.4) is 0 Å². The van der Waals surface area contributed by atoms with Gasteiger partial charge in [-0.3, -0.25) is 9.78 Å². The van der Waals surface area contributed by atoms with Gasteiger partial charge in [0.1, 0.15) is 0 Å². The van der Waals surface area contributed by atoms with Crippen molar-refractivity contribution in [2.75, 3.05) is 6.54 Å². The number of rotatable bonds is 3. The minimum atomic E-state index is 0.170. The van der Waals surface area contributed by atoms with Crippen LogP contribution < -0.4 is 0 Å². The highest BCUT2D eigenvalue weighted by Gasteiger charge is 2.30. The predicted octanol–water partition coefficient (Wildman–Crippen LogP) is 3.10. The molecule has 0 aliphatic carbocycles. The average Bonchev–Trinajstić information content (AvgIpc) is 2.88. The molecule has 3 heteroatoms. The van der Waals surface area contributed by atoms with E-state index in [-0.39, 0.29) is 11.9 Å². The van der Waals surface area contributed by atoms with E-state index in [2.05, 4.69) is 18.0 Å². The van der Waals surface area contributed by atoms with Crippen LogP contribution in [0.25, 0.3) is 0 Å². The second kappa shape index (κ2) is 5.80. The summed E-state index contributed by atoms with van der Waals surface area (Å²) < 4.78 is 0. The fourth-order valence-corrected chi connectivity index (χ4v) is 2.55. The van der Waals surface area contributed by atoms with Gasteiger partial charge in [0.15, 0.2) is 0 Å². The Hall–Kier alpha value is -1.64. The summed E-state index contributed by atoms with van der Waals surface area (Å²) in [5.41, 5.74) is 2.00. The number of aromatic nitrogens is 1. The number of pyridine rings is 1. The van der Waals surface area contributed by atoms with Crippen LogP contribution in [0.15, 0.2) is 36.2 Å². The maximum absolute atomic E-state index is 12.4. The SMILES string of the molecule is CC/C=C(\C)C(=O)N1CCC[C@H]1c1cccnc1. The first-order valence-corrected chi connectivity index (χ1v) is 6.61. The Morgan fingerprint density at radius 3 is 3.11 bits per heavy atom. The summed E-state index contributed by atoms with van der Waals surface area (Å²) in [5, 5.41) is 0. The summed E-state index contributed by atoms with van der Waals surface area (Å²) in [6, 6.07) is 4.19. The van der Waals surface area contributed by atoms with Crippen LogP contribution in [0.5, 0.6) is 0 Å². The van der Waals surface area contributed by atoms with E-state index in [0.29, 0.717) is 0 Å². The zero-order chi connectivity index (χ0) is 13.0. The van der Waals surface area contributed by atoms with Crippen LogP contribution in [0.4, 0.5) is 0 Å². The number of nitrogens with zero attached hydrogens (tertiary/aromatic N) is 2. The predicted molar refractivity (Wildman–Crippen MR) is 72.0 cm³/mol. The van der Waals surface area contributed by atoms with Crippen molar-refractivity contribution in [1.29, 1.82) is 0 Å². The third-order valence-electron chi connectivity index (χ3n) is 3.43. The molecule has 1 atom stereocenters. The highest BCUT2D eigenvalue weighted by Crippen LogP contribution is 2.32. The van der Waals surface area contributed by atoms with Gasteiger partial charge in [-0.05, 0) is 37.8 Å². The van der Waals surface area contributed by atoms with Crippen LogP contribution in [0.2, 0.25) is 0 Å². The lowest BCUT2D eigenvalue weighted by atomic mass is 10.1. The van der Waals surface area contributed by atoms with E-state index in [4.69, 9.17) is 0 Å². The first kappa shape index (κ1) is 12.8. The van der Waals surface area contributed by atoms with E-state index in [0.717, 1.165) is 36.9 Å². The largest absolute Gasteiger partial charge is 0.332 e. The van der Waals surface area contributed by atoms with Crippen molar-refractivity contribution in [2.45, 2.75) is 39.2 Å². The molecule has 1 aromatic heterocycles. The van der Waals surface area contributed by atoms with E-state index in [9.17, 15) is 4.79 Å². The van der Waals surface area contributed by atoms with Crippen molar-refractivity contribution in [3.05, 3.63) is 41.7 Å². The van der Waals surface area contributed by atoms with Crippen molar-refractivity contribution in [1.82, 2.24) is 9.88 Å². The van der Waals surface area contributed by atoms with Gasteiger partial charge in [-0.15, -0.1) is 0 Å². The Bertz CT molecular complexity index is 439. The molecule has 1 amide bonds. The van der Waals surface area contributed by atoms with Gasteiger partial charge in [-0.1, -0.05) is 19.1 Å². The zero-order valence-electron chi connectivity index (χ0n) is 11.1. The minimum absolute atomic E-state index is 0.170. The molecule has 2 rings (SSSR count). The van der Waals surface area contributed by atoms with E-state index < -0.39 is 0 Å². The highest BCUT2D eigenvalue weighted by molar-refractivity contribution is 5.93. The first-order valence-electron chi connectivity index (χ1n) is 6.61. The third-order valence-corrected chi connectivity index (χ3v) is 3.43. The van der Waals surface area contributed by atoms with Crippen LogP contribution in [0.1, 0.15) is 44.7 Å². The third kappa shape index (κ3) is 2.61. The minimum Gasteiger partial charge on any atom is -0.332 e. The van der Waals surface area contributed by atoms with Crippen LogP contribution in [-0.4, -0.2) is 22.3 Å². The lowest BCUT2D eigenvalue weighted by Gasteiger charge is -2.25. The van der Waals surface area contributed by atoms with Crippen LogP contribution in [-0.2, 0) is 4.79 Å². The van der Waals surface area contributed by atoms with E-state index in [1.807, 2.05) is 30.2 Å². The van der Waals surface area contributed by atoms with Crippen molar-refractivity contribution in [2.24, 2.45) is 0 Å². The van der Waals surface area contributed by atoms with Crippen molar-refractivity contribution in [3.63, 3.8) is 0 Å². The van der Waals surface area contributed by atoms with Gasteiger partial charge in [0.25, 0.3) is 0 Å². The van der Waals surface area contributed by atoms with Gasteiger partial charge in [0, 0.05) is 24.5 Å². The summed E-state index contributed by atoms with van der Waals surface area (Å²) in [5.74, 6) is 0.170. The number of amides is 1. The zero-order valence-corrected chi connectivity index (χ0v) is 11.1. The van der Waals surface area contributed by atoms with Gasteiger partial charge >= 0.3 is 0 Å². The van der Waals surface area contributed by atoms with Crippen LogP contribution in [0, 0.1) is 0 Å². The van der Waals surface area contributed by atoms with Gasteiger partial charge in [-0.25, -0.2) is 0 Å². The molecule has 0 N–H and O–H groups in total. The highest BCUT2D eigenvalue weighted by atomic mass is 16.2. The van der Waals surface area contributed by atoms with Crippen molar-refractivity contribution >= 4 is 5.91 Å². The summed E-state index contributed by atoms with van der Waals surface area (Å²) >= 11 is 0. The molecule has 1 aliphatic rings. The van der Waals surface area contributed by atoms with E-state index in [1.165, 1.54) is 0 Å². The number of carbonyl (C=O) groups excluding carboxylic acids is 1. The maximum Gasteiger partial charge on any atom is 0.249 e. The van der Waals surface area contributed by atoms with Gasteiger partial charge in [0.2, 0.25) is 5.91 Å². The molecule has 0 unspecified atom stereocenters. The summed E-state index contributed by atoms with van der Waals surface area (Å²) in [7, 11) is 0. The number of allylic oxidation sites excluding steroid dienone is 1. The van der Waals surface area contributed by atoms with E-state index >= 15 is 0 Å². The summed E-state index contributed by atoms with van der Waals surface area (Å²) in [4.78, 5) is 18.5. The molecule has 1 fully saturated rings. The Morgan fingerprint density at radius 2 is 2.44 bits per heavy atom. The Morgan fingerprint density at radius 1 is 1.61 bits per heavy atom. The standard InChI is InChI=1S/C15H20N2O/c1-3-6-12(2)15(18)17-10-5-8-14(17)13-7-4-9-16-11-13/h4,6-7,9,11,14H,3,5,8,10H2,1-2H3/b12-6+/t14-/m0/s1. The second-order valence-corrected chi connectivity index (χ2v) is 4.74. The topological polar surface area (TPSA) is 33.2 Å². The normalized spacial score (nSPS) is 20.2. The molecule has 1 saturated heterocycles. The number of likely N-dealkylation sites (tertiary alicyclic amines) is 1. The molecular formula is C15H20N2O. The molecule has 96 valence electrons. The molecule has 1 aromatic rings. The Kier molecular flexibility index (Phi) is 4.13. The van der Waals surface area contributed by atoms with E-state index in [1.54, 1.807) is 6.20 Å². The molecule has 1 aliphatic heterocycles. The second-order valence-electron chi connectivity index (χ2n) is 4.74. The fourth-order valence-electron chi connectivity index (χ4n) is 2.55. The Balaban J connectivity index is 2.18. The molecule has 0 saturated carbocycles. The molecule has 0 bridgehead atoms. The monoisotopic (exact) mass is 244 g/mol. The van der Waals surface area contributed by atoms with Crippen molar-refractivity contribution in [3.8, 4) is 0 Å². The smallest absolute Gasteiger partial charge is 0.249 e.